The van der Waals surface area contributed by atoms with Gasteiger partial charge in [-0.25, -0.2) is 4.98 Å². The van der Waals surface area contributed by atoms with E-state index >= 15 is 0 Å². The van der Waals surface area contributed by atoms with Gasteiger partial charge < -0.3 is 10.5 Å². The fraction of sp³-hybridized carbons (Fsp3) is 0.600. The summed E-state index contributed by atoms with van der Waals surface area (Å²) in [5.74, 6) is 1.19. The molecule has 0 radical (unpaired) electrons. The van der Waals surface area contributed by atoms with Crippen LogP contribution in [0.5, 0.6) is 0 Å². The van der Waals surface area contributed by atoms with Crippen molar-refractivity contribution >= 4 is 5.82 Å². The average Bonchev–Trinajstić information content (AvgIpc) is 3.49. The Kier molecular flexibility index (Phi) is 3.63. The molecular formula is C20H22F3N5O. The number of anilines is 1. The lowest BCUT2D eigenvalue weighted by Gasteiger charge is -2.35. The van der Waals surface area contributed by atoms with Gasteiger partial charge in [0, 0.05) is 36.5 Å². The topological polar surface area (TPSA) is 69.2 Å². The van der Waals surface area contributed by atoms with Crippen LogP contribution in [0.1, 0.15) is 36.1 Å². The van der Waals surface area contributed by atoms with Crippen LogP contribution in [0, 0.1) is 11.8 Å². The van der Waals surface area contributed by atoms with Crippen LogP contribution in [0.25, 0.3) is 11.3 Å². The Morgan fingerprint density at radius 2 is 1.79 bits per heavy atom. The predicted molar refractivity (Wildman–Crippen MR) is 99.0 cm³/mol. The lowest BCUT2D eigenvalue weighted by molar-refractivity contribution is -0.137. The van der Waals surface area contributed by atoms with E-state index in [0.717, 1.165) is 45.2 Å². The molecule has 2 aromatic rings. The highest BCUT2D eigenvalue weighted by molar-refractivity contribution is 5.63. The van der Waals surface area contributed by atoms with Crippen LogP contribution in [-0.2, 0) is 10.9 Å². The Hall–Kier alpha value is -2.13. The molecule has 29 heavy (non-hydrogen) atoms. The second-order valence-electron chi connectivity index (χ2n) is 8.78. The zero-order chi connectivity index (χ0) is 19.9. The molecule has 4 heterocycles. The second-order valence-corrected chi connectivity index (χ2v) is 8.78. The molecule has 0 spiro atoms. The van der Waals surface area contributed by atoms with Crippen molar-refractivity contribution in [2.24, 2.45) is 11.8 Å². The van der Waals surface area contributed by atoms with Crippen LogP contribution in [0.4, 0.5) is 19.0 Å². The van der Waals surface area contributed by atoms with Crippen LogP contribution >= 0.6 is 0 Å². The van der Waals surface area contributed by atoms with Crippen LogP contribution in [0.15, 0.2) is 18.3 Å². The van der Waals surface area contributed by atoms with E-state index in [4.69, 9.17) is 15.6 Å². The number of likely N-dealkylation sites (tertiary alicyclic amines) is 1. The first kappa shape index (κ1) is 17.7. The highest BCUT2D eigenvalue weighted by Crippen LogP contribution is 2.60. The molecule has 4 aliphatic rings. The molecule has 9 heteroatoms. The number of pyridine rings is 1. The molecule has 154 valence electrons. The van der Waals surface area contributed by atoms with Crippen LogP contribution in [0.2, 0.25) is 0 Å². The van der Waals surface area contributed by atoms with Gasteiger partial charge in [0.05, 0.1) is 36.6 Å². The van der Waals surface area contributed by atoms with Gasteiger partial charge in [0.15, 0.2) is 0 Å². The maximum atomic E-state index is 13.2. The number of ether oxygens (including phenoxy) is 1. The number of nitrogens with zero attached hydrogens (tertiary/aromatic N) is 4. The van der Waals surface area contributed by atoms with Gasteiger partial charge in [-0.05, 0) is 36.8 Å². The van der Waals surface area contributed by atoms with Gasteiger partial charge >= 0.3 is 6.18 Å². The number of nitrogens with two attached hydrogens (primary N) is 1. The maximum Gasteiger partial charge on any atom is 0.419 e. The summed E-state index contributed by atoms with van der Waals surface area (Å²) in [5, 5.41) is 4.70. The smallest absolute Gasteiger partial charge is 0.383 e. The number of aromatic nitrogens is 3. The Morgan fingerprint density at radius 3 is 2.38 bits per heavy atom. The Morgan fingerprint density at radius 1 is 1.07 bits per heavy atom. The number of alkyl halides is 3. The highest BCUT2D eigenvalue weighted by Gasteiger charge is 2.59. The zero-order valence-electron chi connectivity index (χ0n) is 15.8. The summed E-state index contributed by atoms with van der Waals surface area (Å²) in [6.45, 7) is 3.83. The fourth-order valence-corrected chi connectivity index (χ4v) is 4.98. The zero-order valence-corrected chi connectivity index (χ0v) is 15.8. The summed E-state index contributed by atoms with van der Waals surface area (Å²) >= 11 is 0. The van der Waals surface area contributed by atoms with Gasteiger partial charge in [0.25, 0.3) is 0 Å². The number of rotatable bonds is 4. The molecule has 6 rings (SSSR count). The van der Waals surface area contributed by atoms with E-state index in [0.29, 0.717) is 41.1 Å². The first-order chi connectivity index (χ1) is 13.9. The molecule has 3 atom stereocenters. The van der Waals surface area contributed by atoms with Crippen molar-refractivity contribution in [1.29, 1.82) is 0 Å². The highest BCUT2D eigenvalue weighted by atomic mass is 19.4. The van der Waals surface area contributed by atoms with Crippen LogP contribution < -0.4 is 5.73 Å². The van der Waals surface area contributed by atoms with Crippen molar-refractivity contribution < 1.29 is 17.9 Å². The van der Waals surface area contributed by atoms with E-state index in [9.17, 15) is 13.2 Å². The minimum Gasteiger partial charge on any atom is -0.383 e. The van der Waals surface area contributed by atoms with E-state index < -0.39 is 17.6 Å². The quantitative estimate of drug-likeness (QED) is 0.847. The van der Waals surface area contributed by atoms with Crippen molar-refractivity contribution in [3.63, 3.8) is 0 Å². The van der Waals surface area contributed by atoms with Gasteiger partial charge in [0.2, 0.25) is 0 Å². The van der Waals surface area contributed by atoms with Gasteiger partial charge in [-0.2, -0.15) is 18.3 Å². The fourth-order valence-electron chi connectivity index (χ4n) is 4.98. The SMILES string of the molecule is Nc1ncc(-c2cc([C@@H]3[C@@H]4CN(C5COC5)C[C@@H]43)n(C3CC3)n2)cc1C(F)(F)F. The molecule has 2 aliphatic heterocycles. The van der Waals surface area contributed by atoms with Crippen LogP contribution in [0.3, 0.4) is 0 Å². The van der Waals surface area contributed by atoms with Gasteiger partial charge in [0.1, 0.15) is 5.82 Å². The lowest BCUT2D eigenvalue weighted by atomic mass is 10.1. The number of fused-ring (bicyclic) bond motifs is 1. The number of halogens is 3. The van der Waals surface area contributed by atoms with Gasteiger partial charge in [-0.1, -0.05) is 0 Å². The molecular weight excluding hydrogens is 383 g/mol. The first-order valence-electron chi connectivity index (χ1n) is 10.1. The molecule has 0 aromatic carbocycles. The summed E-state index contributed by atoms with van der Waals surface area (Å²) in [7, 11) is 0. The third kappa shape index (κ3) is 2.85. The number of hydrogen-bond donors (Lipinski definition) is 1. The standard InChI is InChI=1S/C20H22F3N5O/c21-20(22,23)15-3-10(5-25-19(15)24)16-4-17(28(26-16)11-1-2-11)18-13-6-27(7-14(13)18)12-8-29-9-12/h3-5,11-14,18H,1-2,6-9H2,(H2,24,25)/t13-,14+,18-. The summed E-state index contributed by atoms with van der Waals surface area (Å²) in [6.07, 6.45) is -0.984. The Labute approximate surface area is 165 Å². The largest absolute Gasteiger partial charge is 0.419 e. The molecule has 2 aromatic heterocycles. The van der Waals surface area contributed by atoms with Crippen molar-refractivity contribution in [1.82, 2.24) is 19.7 Å². The number of nitrogen functional groups attached to an aromatic ring is 1. The normalized spacial score (nSPS) is 29.7. The van der Waals surface area contributed by atoms with E-state index in [1.807, 2.05) is 6.07 Å². The maximum absolute atomic E-state index is 13.2. The van der Waals surface area contributed by atoms with Crippen molar-refractivity contribution in [2.75, 3.05) is 32.0 Å². The van der Waals surface area contributed by atoms with Crippen molar-refractivity contribution in [3.05, 3.63) is 29.6 Å². The molecule has 0 amide bonds. The second kappa shape index (κ2) is 5.95. The molecule has 4 fully saturated rings. The third-order valence-corrected chi connectivity index (χ3v) is 6.88. The van der Waals surface area contributed by atoms with Gasteiger partial charge in [-0.15, -0.1) is 0 Å². The molecule has 2 saturated carbocycles. The number of hydrogen-bond acceptors (Lipinski definition) is 5. The van der Waals surface area contributed by atoms with Crippen LogP contribution in [-0.4, -0.2) is 52.0 Å². The average molecular weight is 405 g/mol. The third-order valence-electron chi connectivity index (χ3n) is 6.88. The molecule has 2 N–H and O–H groups in total. The summed E-state index contributed by atoms with van der Waals surface area (Å²) in [4.78, 5) is 6.30. The summed E-state index contributed by atoms with van der Waals surface area (Å²) in [5.41, 5.74) is 6.64. The first-order valence-corrected chi connectivity index (χ1v) is 10.1. The number of piperidine rings is 1. The van der Waals surface area contributed by atoms with E-state index in [1.165, 1.54) is 11.9 Å². The molecule has 6 nitrogen and oxygen atoms in total. The van der Waals surface area contributed by atoms with E-state index in [2.05, 4.69) is 14.6 Å². The Balaban J connectivity index is 1.29. The van der Waals surface area contributed by atoms with Crippen molar-refractivity contribution in [2.45, 2.75) is 37.0 Å². The lowest BCUT2D eigenvalue weighted by Crippen LogP contribution is -2.48. The molecule has 0 bridgehead atoms. The van der Waals surface area contributed by atoms with E-state index in [-0.39, 0.29) is 0 Å². The predicted octanol–water partition coefficient (Wildman–Crippen LogP) is 2.93. The van der Waals surface area contributed by atoms with Crippen molar-refractivity contribution in [3.8, 4) is 11.3 Å². The Bertz CT molecular complexity index is 954. The monoisotopic (exact) mass is 405 g/mol. The molecule has 2 saturated heterocycles. The molecule has 0 unspecified atom stereocenters. The van der Waals surface area contributed by atoms with Gasteiger partial charge in [-0.3, -0.25) is 9.58 Å². The molecule has 2 aliphatic carbocycles. The summed E-state index contributed by atoms with van der Waals surface area (Å²) in [6, 6.07) is 3.98. The summed E-state index contributed by atoms with van der Waals surface area (Å²) < 4.78 is 47.1. The van der Waals surface area contributed by atoms with E-state index in [1.54, 1.807) is 0 Å². The minimum absolute atomic E-state index is 0.367. The minimum atomic E-state index is -4.53.